The van der Waals surface area contributed by atoms with Crippen LogP contribution in [0.4, 0.5) is 5.69 Å². The molecular weight excluding hydrogens is 240 g/mol. The Morgan fingerprint density at radius 2 is 2.22 bits per heavy atom. The third-order valence-electron chi connectivity index (χ3n) is 4.01. The van der Waals surface area contributed by atoms with E-state index in [1.807, 2.05) is 11.6 Å². The maximum Gasteiger partial charge on any atom is 0.123 e. The highest BCUT2D eigenvalue weighted by Crippen LogP contribution is 2.48. The van der Waals surface area contributed by atoms with Gasteiger partial charge in [0.25, 0.3) is 0 Å². The molecule has 3 rings (SSSR count). The number of nitrogens with zero attached hydrogens (tertiary/aromatic N) is 1. The summed E-state index contributed by atoms with van der Waals surface area (Å²) in [5, 5.41) is 6.73. The van der Waals surface area contributed by atoms with Gasteiger partial charge in [-0.15, -0.1) is 11.3 Å². The Morgan fingerprint density at radius 1 is 1.39 bits per heavy atom. The highest BCUT2D eigenvalue weighted by Gasteiger charge is 2.42. The van der Waals surface area contributed by atoms with E-state index in [0.717, 1.165) is 5.01 Å². The van der Waals surface area contributed by atoms with Crippen molar-refractivity contribution in [2.45, 2.75) is 32.7 Å². The number of nitrogens with one attached hydrogen (secondary N) is 1. The topological polar surface area (TPSA) is 24.9 Å². The van der Waals surface area contributed by atoms with E-state index in [2.05, 4.69) is 48.4 Å². The minimum Gasteiger partial charge on any atom is -0.382 e. The fourth-order valence-electron chi connectivity index (χ4n) is 2.16. The molecule has 2 aromatic rings. The average molecular weight is 258 g/mol. The zero-order valence-corrected chi connectivity index (χ0v) is 11.6. The Balaban J connectivity index is 1.79. The summed E-state index contributed by atoms with van der Waals surface area (Å²) in [6, 6.07) is 9.08. The normalized spacial score (nSPS) is 18.3. The second kappa shape index (κ2) is 4.39. The van der Waals surface area contributed by atoms with Crippen molar-refractivity contribution < 1.29 is 0 Å². The summed E-state index contributed by atoms with van der Waals surface area (Å²) >= 11 is 1.68. The SMILES string of the molecule is CC(Nc1cccc(-c2nccs2)c1)C1(C)CC1. The third kappa shape index (κ3) is 2.27. The van der Waals surface area contributed by atoms with Gasteiger partial charge in [0, 0.05) is 28.9 Å². The maximum absolute atomic E-state index is 4.36. The number of hydrogen-bond acceptors (Lipinski definition) is 3. The molecule has 1 N–H and O–H groups in total. The molecule has 1 aromatic heterocycles. The lowest BCUT2D eigenvalue weighted by atomic mass is 10.0. The quantitative estimate of drug-likeness (QED) is 0.878. The standard InChI is InChI=1S/C15H18N2S/c1-11(15(2)6-7-15)17-13-5-3-4-12(10-13)14-16-8-9-18-14/h3-5,8-11,17H,6-7H2,1-2H3. The highest BCUT2D eigenvalue weighted by molar-refractivity contribution is 7.13. The lowest BCUT2D eigenvalue weighted by molar-refractivity contribution is 0.493. The van der Waals surface area contributed by atoms with E-state index in [9.17, 15) is 0 Å². The van der Waals surface area contributed by atoms with Gasteiger partial charge in [-0.05, 0) is 37.3 Å². The van der Waals surface area contributed by atoms with Gasteiger partial charge in [-0.3, -0.25) is 0 Å². The van der Waals surface area contributed by atoms with Crippen molar-refractivity contribution in [2.24, 2.45) is 5.41 Å². The van der Waals surface area contributed by atoms with Crippen LogP contribution in [0.25, 0.3) is 10.6 Å². The van der Waals surface area contributed by atoms with Crippen LogP contribution in [0, 0.1) is 5.41 Å². The van der Waals surface area contributed by atoms with Crippen LogP contribution in [-0.2, 0) is 0 Å². The van der Waals surface area contributed by atoms with E-state index in [4.69, 9.17) is 0 Å². The largest absolute Gasteiger partial charge is 0.382 e. The van der Waals surface area contributed by atoms with Gasteiger partial charge < -0.3 is 5.32 Å². The Hall–Kier alpha value is -1.35. The number of benzene rings is 1. The molecule has 3 heteroatoms. The Kier molecular flexibility index (Phi) is 2.86. The van der Waals surface area contributed by atoms with Gasteiger partial charge in [-0.25, -0.2) is 4.98 Å². The molecule has 0 bridgehead atoms. The molecule has 94 valence electrons. The van der Waals surface area contributed by atoms with Crippen LogP contribution in [0.1, 0.15) is 26.7 Å². The van der Waals surface area contributed by atoms with Gasteiger partial charge in [-0.2, -0.15) is 0 Å². The van der Waals surface area contributed by atoms with Crippen LogP contribution < -0.4 is 5.32 Å². The molecule has 0 radical (unpaired) electrons. The number of aromatic nitrogens is 1. The number of anilines is 1. The first kappa shape index (κ1) is 11.7. The lowest BCUT2D eigenvalue weighted by Crippen LogP contribution is -2.24. The van der Waals surface area contributed by atoms with Crippen LogP contribution in [0.3, 0.4) is 0 Å². The molecule has 1 atom stereocenters. The van der Waals surface area contributed by atoms with E-state index in [1.54, 1.807) is 11.3 Å². The molecule has 2 nitrogen and oxygen atoms in total. The molecule has 1 aliphatic carbocycles. The predicted octanol–water partition coefficient (Wildman–Crippen LogP) is 4.41. The first-order valence-electron chi connectivity index (χ1n) is 6.44. The number of hydrogen-bond donors (Lipinski definition) is 1. The second-order valence-corrected chi connectivity index (χ2v) is 6.33. The third-order valence-corrected chi connectivity index (χ3v) is 4.83. The Morgan fingerprint density at radius 3 is 2.89 bits per heavy atom. The summed E-state index contributed by atoms with van der Waals surface area (Å²) in [7, 11) is 0. The van der Waals surface area contributed by atoms with E-state index in [-0.39, 0.29) is 0 Å². The molecular formula is C15H18N2S. The fraction of sp³-hybridized carbons (Fsp3) is 0.400. The van der Waals surface area contributed by atoms with Crippen molar-refractivity contribution in [1.29, 1.82) is 0 Å². The van der Waals surface area contributed by atoms with Crippen molar-refractivity contribution in [3.8, 4) is 10.6 Å². The highest BCUT2D eigenvalue weighted by atomic mass is 32.1. The van der Waals surface area contributed by atoms with Crippen LogP contribution in [0.5, 0.6) is 0 Å². The minimum absolute atomic E-state index is 0.497. The molecule has 1 saturated carbocycles. The Bertz CT molecular complexity index is 529. The van der Waals surface area contributed by atoms with Gasteiger partial charge in [0.2, 0.25) is 0 Å². The first-order chi connectivity index (χ1) is 8.67. The second-order valence-electron chi connectivity index (χ2n) is 5.44. The van der Waals surface area contributed by atoms with Crippen molar-refractivity contribution in [3.63, 3.8) is 0 Å². The van der Waals surface area contributed by atoms with Crippen LogP contribution in [0.2, 0.25) is 0 Å². The summed E-state index contributed by atoms with van der Waals surface area (Å²) in [4.78, 5) is 4.36. The average Bonchev–Trinajstić information content (AvgIpc) is 2.93. The van der Waals surface area contributed by atoms with Gasteiger partial charge in [0.15, 0.2) is 0 Å². The minimum atomic E-state index is 0.497. The molecule has 1 unspecified atom stereocenters. The molecule has 1 heterocycles. The summed E-state index contributed by atoms with van der Waals surface area (Å²) < 4.78 is 0. The van der Waals surface area contributed by atoms with E-state index in [0.29, 0.717) is 11.5 Å². The first-order valence-corrected chi connectivity index (χ1v) is 7.32. The fourth-order valence-corrected chi connectivity index (χ4v) is 2.80. The van der Waals surface area contributed by atoms with E-state index >= 15 is 0 Å². The van der Waals surface area contributed by atoms with Gasteiger partial charge in [0.1, 0.15) is 5.01 Å². The molecule has 0 aliphatic heterocycles. The van der Waals surface area contributed by atoms with Crippen LogP contribution in [-0.4, -0.2) is 11.0 Å². The van der Waals surface area contributed by atoms with Crippen LogP contribution in [0.15, 0.2) is 35.8 Å². The van der Waals surface area contributed by atoms with Crippen LogP contribution >= 0.6 is 11.3 Å². The molecule has 1 aliphatic rings. The van der Waals surface area contributed by atoms with Gasteiger partial charge in [0.05, 0.1) is 0 Å². The van der Waals surface area contributed by atoms with Crippen molar-refractivity contribution in [3.05, 3.63) is 35.8 Å². The maximum atomic E-state index is 4.36. The Labute approximate surface area is 112 Å². The molecule has 1 fully saturated rings. The summed E-state index contributed by atoms with van der Waals surface area (Å²) in [5.41, 5.74) is 2.89. The van der Waals surface area contributed by atoms with E-state index < -0.39 is 0 Å². The van der Waals surface area contributed by atoms with Crippen molar-refractivity contribution >= 4 is 17.0 Å². The smallest absolute Gasteiger partial charge is 0.123 e. The molecule has 1 aromatic carbocycles. The van der Waals surface area contributed by atoms with Crippen molar-refractivity contribution in [2.75, 3.05) is 5.32 Å². The summed E-state index contributed by atoms with van der Waals surface area (Å²) in [5.74, 6) is 0. The molecule has 0 saturated heterocycles. The summed E-state index contributed by atoms with van der Waals surface area (Å²) in [6.45, 7) is 4.64. The van der Waals surface area contributed by atoms with Gasteiger partial charge in [-0.1, -0.05) is 19.1 Å². The molecule has 0 spiro atoms. The number of rotatable bonds is 4. The predicted molar refractivity (Wildman–Crippen MR) is 78.0 cm³/mol. The lowest BCUT2D eigenvalue weighted by Gasteiger charge is -2.21. The van der Waals surface area contributed by atoms with Gasteiger partial charge >= 0.3 is 0 Å². The summed E-state index contributed by atoms with van der Waals surface area (Å²) in [6.07, 6.45) is 4.54. The monoisotopic (exact) mass is 258 g/mol. The van der Waals surface area contributed by atoms with Crippen molar-refractivity contribution in [1.82, 2.24) is 4.98 Å². The zero-order chi connectivity index (χ0) is 12.6. The molecule has 0 amide bonds. The zero-order valence-electron chi connectivity index (χ0n) is 10.8. The number of thiazole rings is 1. The van der Waals surface area contributed by atoms with E-state index in [1.165, 1.54) is 24.1 Å². The molecule has 18 heavy (non-hydrogen) atoms.